The molecule has 1 amide bonds. The number of hydrogen-bond acceptors (Lipinski definition) is 4. The molecule has 5 heteroatoms. The van der Waals surface area contributed by atoms with Crippen molar-refractivity contribution in [2.24, 2.45) is 34.0 Å². The van der Waals surface area contributed by atoms with Gasteiger partial charge in [0.15, 0.2) is 0 Å². The van der Waals surface area contributed by atoms with Gasteiger partial charge in [-0.3, -0.25) is 4.79 Å². The van der Waals surface area contributed by atoms with Gasteiger partial charge in [0.1, 0.15) is 11.9 Å². The van der Waals surface area contributed by atoms with Crippen LogP contribution in [0.2, 0.25) is 0 Å². The highest BCUT2D eigenvalue weighted by Gasteiger charge is 2.71. The summed E-state index contributed by atoms with van der Waals surface area (Å²) in [6, 6.07) is -0.390. The molecule has 27 heavy (non-hydrogen) atoms. The van der Waals surface area contributed by atoms with Crippen LogP contribution in [0.4, 0.5) is 4.79 Å². The Balaban J connectivity index is 1.98. The molecule has 2 bridgehead atoms. The monoisotopic (exact) mass is 375 g/mol. The molecule has 0 aromatic heterocycles. The average molecular weight is 376 g/mol. The summed E-state index contributed by atoms with van der Waals surface area (Å²) in [4.78, 5) is 26.2. The third-order valence-corrected chi connectivity index (χ3v) is 9.24. The fourth-order valence-corrected chi connectivity index (χ4v) is 7.40. The summed E-state index contributed by atoms with van der Waals surface area (Å²) >= 11 is 0. The number of amides is 1. The van der Waals surface area contributed by atoms with Crippen molar-refractivity contribution in [1.29, 1.82) is 0 Å². The van der Waals surface area contributed by atoms with E-state index in [1.165, 1.54) is 0 Å². The lowest BCUT2D eigenvalue weighted by Crippen LogP contribution is -2.67. The summed E-state index contributed by atoms with van der Waals surface area (Å²) < 4.78 is 11.9. The Morgan fingerprint density at radius 2 is 1.89 bits per heavy atom. The number of carbonyl (C=O) groups is 2. The van der Waals surface area contributed by atoms with Gasteiger partial charge in [-0.15, -0.1) is 6.58 Å². The van der Waals surface area contributed by atoms with Crippen LogP contribution >= 0.6 is 0 Å². The number of Topliss-reactive ketones (excluding diaryl/α,β-unsaturated/α-hetero) is 1. The van der Waals surface area contributed by atoms with Gasteiger partial charge in [0.05, 0.1) is 17.6 Å². The highest BCUT2D eigenvalue weighted by atomic mass is 16.6. The van der Waals surface area contributed by atoms with E-state index in [1.807, 2.05) is 6.92 Å². The number of carbonyl (C=O) groups excluding carboxylic acids is 2. The van der Waals surface area contributed by atoms with Crippen LogP contribution in [0, 0.1) is 34.0 Å². The minimum atomic E-state index is -0.836. The Hall–Kier alpha value is -1.36. The van der Waals surface area contributed by atoms with Crippen molar-refractivity contribution in [3.63, 3.8) is 0 Å². The quantitative estimate of drug-likeness (QED) is 0.747. The van der Waals surface area contributed by atoms with Crippen LogP contribution in [0.5, 0.6) is 0 Å². The van der Waals surface area contributed by atoms with Crippen molar-refractivity contribution < 1.29 is 19.1 Å². The first-order valence-electron chi connectivity index (χ1n) is 10.3. The fraction of sp³-hybridized carbons (Fsp3) is 0.818. The molecule has 3 aliphatic carbocycles. The summed E-state index contributed by atoms with van der Waals surface area (Å²) in [6.45, 7) is 12.6. The van der Waals surface area contributed by atoms with Gasteiger partial charge in [-0.25, -0.2) is 4.79 Å². The number of nitrogens with one attached hydrogen (secondary N) is 1. The fourth-order valence-electron chi connectivity index (χ4n) is 7.40. The molecule has 4 aliphatic rings. The summed E-state index contributed by atoms with van der Waals surface area (Å²) in [5.41, 5.74) is -1.18. The molecule has 0 unspecified atom stereocenters. The van der Waals surface area contributed by atoms with Gasteiger partial charge in [-0.1, -0.05) is 26.8 Å². The summed E-state index contributed by atoms with van der Waals surface area (Å²) in [5, 5.41) is 2.98. The standard InChI is InChI=1S/C22H33NO4/c1-7-20(4)16-18(27-19(25)23-16)21(5)12(2)8-10-22(13(3)17(20)24)11-9-14(26-6)15(21)22/h7,12-16,18H,1,8-11H2,2-6H3,(H,23,25)/t12-,13+,14-,15-,16-,18-,20-,21-,22+/m1/s1. The SMILES string of the molecule is C=C[C@@]1(C)C(=O)[C@H](C)[C@@]23CC[C@@H](C)[C@@](C)([C@@H]4OC(=O)N[C@H]41)[C@H]2[C@H](OC)CC3. The van der Waals surface area contributed by atoms with E-state index in [1.54, 1.807) is 13.2 Å². The second kappa shape index (κ2) is 5.82. The van der Waals surface area contributed by atoms with Gasteiger partial charge in [-0.2, -0.15) is 0 Å². The minimum absolute atomic E-state index is 0.0940. The van der Waals surface area contributed by atoms with E-state index in [4.69, 9.17) is 9.47 Å². The molecule has 0 aromatic rings. The van der Waals surface area contributed by atoms with Crippen LogP contribution in [-0.2, 0) is 14.3 Å². The number of hydrogen-bond donors (Lipinski definition) is 1. The summed E-state index contributed by atoms with van der Waals surface area (Å²) in [6.07, 6.45) is 5.10. The van der Waals surface area contributed by atoms with E-state index < -0.39 is 11.5 Å². The first-order valence-corrected chi connectivity index (χ1v) is 10.3. The van der Waals surface area contributed by atoms with Crippen LogP contribution in [-0.4, -0.2) is 37.2 Å². The van der Waals surface area contributed by atoms with E-state index >= 15 is 0 Å². The van der Waals surface area contributed by atoms with Crippen LogP contribution in [0.1, 0.15) is 53.4 Å². The third-order valence-electron chi connectivity index (χ3n) is 9.24. The van der Waals surface area contributed by atoms with Crippen molar-refractivity contribution >= 4 is 11.9 Å². The van der Waals surface area contributed by atoms with E-state index in [0.29, 0.717) is 5.92 Å². The van der Waals surface area contributed by atoms with Crippen molar-refractivity contribution in [3.8, 4) is 0 Å². The Labute approximate surface area is 162 Å². The maximum absolute atomic E-state index is 13.8. The number of fused-ring (bicyclic) bond motifs is 2. The predicted octanol–water partition coefficient (Wildman–Crippen LogP) is 3.72. The minimum Gasteiger partial charge on any atom is -0.443 e. The molecule has 0 aromatic carbocycles. The first-order chi connectivity index (χ1) is 12.7. The lowest BCUT2D eigenvalue weighted by Gasteiger charge is -2.61. The number of alkyl carbamates (subject to hydrolysis) is 1. The van der Waals surface area contributed by atoms with Gasteiger partial charge < -0.3 is 14.8 Å². The molecule has 0 spiro atoms. The average Bonchev–Trinajstić information content (AvgIpc) is 3.25. The largest absolute Gasteiger partial charge is 0.443 e. The molecular formula is C22H33NO4. The molecule has 1 saturated heterocycles. The molecule has 1 aliphatic heterocycles. The molecule has 1 N–H and O–H groups in total. The second-order valence-electron chi connectivity index (χ2n) is 9.85. The van der Waals surface area contributed by atoms with Gasteiger partial charge in [0, 0.05) is 24.4 Å². The highest BCUT2D eigenvalue weighted by Crippen LogP contribution is 2.69. The van der Waals surface area contributed by atoms with E-state index in [2.05, 4.69) is 32.7 Å². The van der Waals surface area contributed by atoms with Crippen LogP contribution < -0.4 is 5.32 Å². The molecule has 1 heterocycles. The van der Waals surface area contributed by atoms with Gasteiger partial charge in [-0.05, 0) is 43.9 Å². The molecule has 4 rings (SSSR count). The van der Waals surface area contributed by atoms with Gasteiger partial charge in [0.2, 0.25) is 0 Å². The maximum atomic E-state index is 13.8. The zero-order chi connectivity index (χ0) is 19.8. The van der Waals surface area contributed by atoms with Crippen LogP contribution in [0.15, 0.2) is 12.7 Å². The normalized spacial score (nSPS) is 54.3. The van der Waals surface area contributed by atoms with Crippen molar-refractivity contribution in [1.82, 2.24) is 5.32 Å². The zero-order valence-corrected chi connectivity index (χ0v) is 17.2. The van der Waals surface area contributed by atoms with Gasteiger partial charge >= 0.3 is 6.09 Å². The smallest absolute Gasteiger partial charge is 0.407 e. The second-order valence-corrected chi connectivity index (χ2v) is 9.85. The molecular weight excluding hydrogens is 342 g/mol. The Kier molecular flexibility index (Phi) is 4.09. The number of ether oxygens (including phenoxy) is 2. The van der Waals surface area contributed by atoms with Crippen LogP contribution in [0.25, 0.3) is 0 Å². The summed E-state index contributed by atoms with van der Waals surface area (Å²) in [5.74, 6) is 0.654. The number of ketones is 1. The predicted molar refractivity (Wildman–Crippen MR) is 102 cm³/mol. The zero-order valence-electron chi connectivity index (χ0n) is 17.2. The Morgan fingerprint density at radius 3 is 2.52 bits per heavy atom. The number of methoxy groups -OCH3 is 1. The molecule has 5 nitrogen and oxygen atoms in total. The van der Waals surface area contributed by atoms with Crippen molar-refractivity contribution in [2.75, 3.05) is 7.11 Å². The van der Waals surface area contributed by atoms with E-state index in [-0.39, 0.29) is 46.7 Å². The van der Waals surface area contributed by atoms with Crippen molar-refractivity contribution in [3.05, 3.63) is 12.7 Å². The number of rotatable bonds is 2. The van der Waals surface area contributed by atoms with E-state index in [9.17, 15) is 9.59 Å². The molecule has 150 valence electrons. The molecule has 3 saturated carbocycles. The highest BCUT2D eigenvalue weighted by molar-refractivity contribution is 5.91. The third kappa shape index (κ3) is 2.10. The van der Waals surface area contributed by atoms with Crippen LogP contribution in [0.3, 0.4) is 0 Å². The molecule has 0 radical (unpaired) electrons. The lowest BCUT2D eigenvalue weighted by atomic mass is 9.43. The van der Waals surface area contributed by atoms with E-state index in [0.717, 1.165) is 25.7 Å². The first kappa shape index (κ1) is 19.0. The molecule has 4 fully saturated rings. The topological polar surface area (TPSA) is 64.6 Å². The molecule has 9 atom stereocenters. The lowest BCUT2D eigenvalue weighted by molar-refractivity contribution is -0.185. The Morgan fingerprint density at radius 1 is 1.22 bits per heavy atom. The summed E-state index contributed by atoms with van der Waals surface area (Å²) in [7, 11) is 1.78. The maximum Gasteiger partial charge on any atom is 0.407 e. The van der Waals surface area contributed by atoms with Gasteiger partial charge in [0.25, 0.3) is 0 Å². The Bertz CT molecular complexity index is 692. The van der Waals surface area contributed by atoms with Crippen molar-refractivity contribution in [2.45, 2.75) is 71.6 Å².